The molecule has 0 spiro atoms. The number of ketones is 1. The highest BCUT2D eigenvalue weighted by molar-refractivity contribution is 6.00. The van der Waals surface area contributed by atoms with E-state index in [9.17, 15) is 19.8 Å². The van der Waals surface area contributed by atoms with Gasteiger partial charge in [-0.1, -0.05) is 23.8 Å². The number of rotatable bonds is 6. The minimum atomic E-state index is -1.01. The number of hydrogen-bond acceptors (Lipinski definition) is 3. The number of aliphatic hydroxyl groups excluding tert-OH is 1. The molecule has 0 radical (unpaired) electrons. The molecule has 1 aliphatic carbocycles. The van der Waals surface area contributed by atoms with Crippen molar-refractivity contribution in [3.8, 4) is 0 Å². The van der Waals surface area contributed by atoms with Gasteiger partial charge >= 0.3 is 5.97 Å². The van der Waals surface area contributed by atoms with E-state index in [1.54, 1.807) is 26.8 Å². The summed E-state index contributed by atoms with van der Waals surface area (Å²) in [5.74, 6) is -0.871. The number of aliphatic carboxylic acids is 1. The van der Waals surface area contributed by atoms with Crippen molar-refractivity contribution >= 4 is 11.8 Å². The predicted molar refractivity (Wildman–Crippen MR) is 86.5 cm³/mol. The summed E-state index contributed by atoms with van der Waals surface area (Å²) < 4.78 is 0. The van der Waals surface area contributed by atoms with Crippen molar-refractivity contribution in [2.45, 2.75) is 59.5 Å². The molecule has 0 amide bonds. The van der Waals surface area contributed by atoms with E-state index < -0.39 is 11.4 Å². The van der Waals surface area contributed by atoms with Crippen molar-refractivity contribution < 1.29 is 19.8 Å². The van der Waals surface area contributed by atoms with Crippen LogP contribution in [0, 0.1) is 5.41 Å². The minimum Gasteiger partial charge on any atom is -0.481 e. The first-order valence-corrected chi connectivity index (χ1v) is 7.69. The Kier molecular flexibility index (Phi) is 6.30. The molecule has 2 N–H and O–H groups in total. The van der Waals surface area contributed by atoms with Crippen LogP contribution in [-0.4, -0.2) is 28.1 Å². The van der Waals surface area contributed by atoms with Crippen LogP contribution in [0.1, 0.15) is 53.4 Å². The largest absolute Gasteiger partial charge is 0.481 e. The highest BCUT2D eigenvalue weighted by atomic mass is 16.4. The highest BCUT2D eigenvalue weighted by Gasteiger charge is 2.41. The Bertz CT molecular complexity index is 537. The van der Waals surface area contributed by atoms with Gasteiger partial charge in [0.05, 0.1) is 11.5 Å². The molecule has 0 aliphatic heterocycles. The molecule has 0 saturated heterocycles. The zero-order valence-electron chi connectivity index (χ0n) is 13.8. The third-order valence-corrected chi connectivity index (χ3v) is 4.30. The number of aliphatic hydroxyl groups is 1. The van der Waals surface area contributed by atoms with Gasteiger partial charge in [0.15, 0.2) is 5.78 Å². The summed E-state index contributed by atoms with van der Waals surface area (Å²) in [5.41, 5.74) is 1.13. The molecular weight excluding hydrogens is 280 g/mol. The van der Waals surface area contributed by atoms with Crippen LogP contribution < -0.4 is 0 Å². The van der Waals surface area contributed by atoms with Crippen LogP contribution in [-0.2, 0) is 9.59 Å². The molecule has 1 aliphatic rings. The van der Waals surface area contributed by atoms with Gasteiger partial charge in [-0.3, -0.25) is 9.59 Å². The van der Waals surface area contributed by atoms with Crippen LogP contribution in [0.15, 0.2) is 34.9 Å². The van der Waals surface area contributed by atoms with Crippen LogP contribution >= 0.6 is 0 Å². The van der Waals surface area contributed by atoms with Crippen molar-refractivity contribution in [3.05, 3.63) is 34.9 Å². The van der Waals surface area contributed by atoms with Gasteiger partial charge in [-0.15, -0.1) is 0 Å². The van der Waals surface area contributed by atoms with Crippen molar-refractivity contribution in [1.82, 2.24) is 0 Å². The first-order valence-electron chi connectivity index (χ1n) is 7.69. The second kappa shape index (κ2) is 7.54. The van der Waals surface area contributed by atoms with E-state index in [1.165, 1.54) is 0 Å². The van der Waals surface area contributed by atoms with Crippen molar-refractivity contribution in [3.63, 3.8) is 0 Å². The number of carboxylic acid groups (broad SMARTS) is 1. The molecule has 0 unspecified atom stereocenters. The molecule has 4 nitrogen and oxygen atoms in total. The lowest BCUT2D eigenvalue weighted by molar-refractivity contribution is -0.146. The van der Waals surface area contributed by atoms with Crippen molar-refractivity contribution in [1.29, 1.82) is 0 Å². The van der Waals surface area contributed by atoms with Crippen LogP contribution in [0.4, 0.5) is 0 Å². The van der Waals surface area contributed by atoms with Gasteiger partial charge in [-0.05, 0) is 58.1 Å². The first kappa shape index (κ1) is 18.4. The molecule has 122 valence electrons. The maximum Gasteiger partial charge on any atom is 0.313 e. The van der Waals surface area contributed by atoms with Crippen LogP contribution in [0.3, 0.4) is 0 Å². The minimum absolute atomic E-state index is 0.0223. The van der Waals surface area contributed by atoms with Crippen LogP contribution in [0.25, 0.3) is 0 Å². The Hall–Kier alpha value is -1.68. The number of hydrogen-bond donors (Lipinski definition) is 2. The second-order valence-electron chi connectivity index (χ2n) is 6.31. The first-order chi connectivity index (χ1) is 10.2. The smallest absolute Gasteiger partial charge is 0.313 e. The van der Waals surface area contributed by atoms with E-state index in [2.05, 4.69) is 0 Å². The maximum absolute atomic E-state index is 11.9. The fraction of sp³-hybridized carbons (Fsp3) is 0.556. The Balaban J connectivity index is 3.00. The Morgan fingerprint density at radius 2 is 2.09 bits per heavy atom. The molecular formula is C18H26O4. The van der Waals surface area contributed by atoms with E-state index in [1.807, 2.05) is 19.1 Å². The van der Waals surface area contributed by atoms with Crippen molar-refractivity contribution in [2.24, 2.45) is 5.41 Å². The fourth-order valence-electron chi connectivity index (χ4n) is 2.62. The summed E-state index contributed by atoms with van der Waals surface area (Å²) in [7, 11) is 0. The van der Waals surface area contributed by atoms with Gasteiger partial charge in [0.2, 0.25) is 0 Å². The van der Waals surface area contributed by atoms with Gasteiger partial charge in [-0.25, -0.2) is 0 Å². The third kappa shape index (κ3) is 4.41. The van der Waals surface area contributed by atoms with Gasteiger partial charge < -0.3 is 10.2 Å². The number of carbonyl (C=O) groups excluding carboxylic acids is 1. The summed E-state index contributed by atoms with van der Waals surface area (Å²) in [5, 5.41) is 18.8. The topological polar surface area (TPSA) is 74.6 Å². The van der Waals surface area contributed by atoms with E-state index >= 15 is 0 Å². The molecule has 4 heteroatoms. The monoisotopic (exact) mass is 306 g/mol. The summed E-state index contributed by atoms with van der Waals surface area (Å²) in [6.45, 7) is 7.06. The lowest BCUT2D eigenvalue weighted by Gasteiger charge is -2.31. The molecule has 2 atom stereocenters. The normalized spacial score (nSPS) is 25.0. The molecule has 0 aromatic heterocycles. The quantitative estimate of drug-likeness (QED) is 0.737. The van der Waals surface area contributed by atoms with Crippen molar-refractivity contribution in [2.75, 3.05) is 0 Å². The van der Waals surface area contributed by atoms with Gasteiger partial charge in [0, 0.05) is 6.42 Å². The zero-order chi connectivity index (χ0) is 16.9. The summed E-state index contributed by atoms with van der Waals surface area (Å²) in [4.78, 5) is 23.5. The van der Waals surface area contributed by atoms with E-state index in [-0.39, 0.29) is 18.3 Å². The highest BCUT2D eigenvalue weighted by Crippen LogP contribution is 2.40. The second-order valence-corrected chi connectivity index (χ2v) is 6.31. The van der Waals surface area contributed by atoms with E-state index in [4.69, 9.17) is 0 Å². The average Bonchev–Trinajstić information content (AvgIpc) is 2.42. The molecule has 22 heavy (non-hydrogen) atoms. The standard InChI is InChI=1S/C18H26O4/c1-12(6-5-7-13(2)19)8-9-15-14(3)16(20)10-11-18(15,4)17(21)22/h6,8-9,13,19H,5,7,10-11H2,1-4H3,(H,21,22)/t13-,18+/m0/s1. The molecule has 0 heterocycles. The summed E-state index contributed by atoms with van der Waals surface area (Å²) in [6, 6.07) is 0. The third-order valence-electron chi connectivity index (χ3n) is 4.30. The molecule has 0 aromatic carbocycles. The number of carbonyl (C=O) groups is 2. The van der Waals surface area contributed by atoms with Gasteiger partial charge in [0.1, 0.15) is 0 Å². The number of carboxylic acids is 1. The molecule has 0 saturated carbocycles. The number of Topliss-reactive ketones (excluding diaryl/α,β-unsaturated/α-hetero) is 1. The van der Waals surface area contributed by atoms with Crippen LogP contribution in [0.5, 0.6) is 0 Å². The maximum atomic E-state index is 11.9. The Morgan fingerprint density at radius 1 is 1.45 bits per heavy atom. The van der Waals surface area contributed by atoms with Gasteiger partial charge in [-0.2, -0.15) is 0 Å². The van der Waals surface area contributed by atoms with E-state index in [0.717, 1.165) is 12.0 Å². The van der Waals surface area contributed by atoms with Crippen LogP contribution in [0.2, 0.25) is 0 Å². The zero-order valence-corrected chi connectivity index (χ0v) is 13.8. The molecule has 0 bridgehead atoms. The van der Waals surface area contributed by atoms with E-state index in [0.29, 0.717) is 24.0 Å². The molecule has 1 rings (SSSR count). The lowest BCUT2D eigenvalue weighted by atomic mass is 9.70. The molecule has 0 fully saturated rings. The number of allylic oxidation sites excluding steroid dienone is 5. The summed E-state index contributed by atoms with van der Waals surface area (Å²) in [6.07, 6.45) is 7.36. The fourth-order valence-corrected chi connectivity index (χ4v) is 2.62. The Labute approximate surface area is 132 Å². The average molecular weight is 306 g/mol. The lowest BCUT2D eigenvalue weighted by Crippen LogP contribution is -2.34. The Morgan fingerprint density at radius 3 is 2.64 bits per heavy atom. The SMILES string of the molecule is CC(C=CC1=C(C)C(=O)CC[C@@]1(C)C(=O)O)=CCC[C@H](C)O. The molecule has 0 aromatic rings. The van der Waals surface area contributed by atoms with Gasteiger partial charge in [0.25, 0.3) is 0 Å². The summed E-state index contributed by atoms with van der Waals surface area (Å²) >= 11 is 0. The predicted octanol–water partition coefficient (Wildman–Crippen LogP) is 3.42.